The molecule has 0 N–H and O–H groups in total. The van der Waals surface area contributed by atoms with Gasteiger partial charge >= 0.3 is 0 Å². The molecule has 0 atom stereocenters. The Labute approximate surface area is 498 Å². The monoisotopic (exact) mass is 1150 g/mol. The molecule has 0 fully saturated rings. The minimum atomic E-state index is 0.101. The number of rotatable bonds is 0. The third-order valence-corrected chi connectivity index (χ3v) is 17.0. The van der Waals surface area contributed by atoms with Crippen molar-refractivity contribution < 1.29 is 14.4 Å². The van der Waals surface area contributed by atoms with E-state index in [1.165, 1.54) is 22.3 Å². The molecule has 22 heteroatoms. The van der Waals surface area contributed by atoms with Crippen molar-refractivity contribution in [2.75, 3.05) is 21.1 Å². The van der Waals surface area contributed by atoms with Crippen LogP contribution in [0, 0.1) is 6.92 Å². The van der Waals surface area contributed by atoms with Crippen molar-refractivity contribution in [2.45, 2.75) is 110 Å². The molecule has 0 aromatic carbocycles. The number of nitrogens with zero attached hydrogens (tertiary/aromatic N) is 19. The van der Waals surface area contributed by atoms with E-state index in [-0.39, 0.29) is 17.7 Å². The third-order valence-electron chi connectivity index (χ3n) is 17.0. The van der Waals surface area contributed by atoms with Crippen LogP contribution in [-0.2, 0) is 94.1 Å². The van der Waals surface area contributed by atoms with Gasteiger partial charge in [0.1, 0.15) is 0 Å². The molecule has 438 valence electrons. The Balaban J connectivity index is 0.000000120. The predicted molar refractivity (Wildman–Crippen MR) is 323 cm³/mol. The molecule has 9 aromatic rings. The lowest BCUT2D eigenvalue weighted by Crippen LogP contribution is -2.26. The molecular formula is C64H69N19O3. The molecule has 12 bridgehead atoms. The average molecular weight is 1150 g/mol. The van der Waals surface area contributed by atoms with Gasteiger partial charge in [-0.2, -0.15) is 51.0 Å². The van der Waals surface area contributed by atoms with Crippen LogP contribution in [0.3, 0.4) is 0 Å². The van der Waals surface area contributed by atoms with Crippen LogP contribution in [0.5, 0.6) is 0 Å². The topological polar surface area (TPSA) is 219 Å². The van der Waals surface area contributed by atoms with E-state index in [1.807, 2.05) is 72.5 Å². The number of aryl methyl sites for hydroxylation is 7. The standard InChI is InChI=1S/C22H24N6O.C21H23N7O.C21H22N6O/c1-26-14-21-18(13-27(2)25-21)20-11-17-16(6-7-19(17)23-24-20)15-8-10-28(12-15)9-4-3-5-22(26)29;1-13-16-11-28(24-13)8-4-5-21(29)26(2)12-20-17(10-27(3)25-20)19-9-15-14(16)6-7-18(15)22-23-19;1-25-13-20-17(12-26(2)24-20)19-10-16-15(5-6-18(16)22-23-19)14-7-9-27(11-14)8-3-4-21(25)28/h6,8,10-13H,3-5,7,9,14H2,1-2H3;6,9-11H,4-5,7-8,12H2,1-3H3;5,7,9-12H,3-4,6,8,13H2,1-2H3. The fraction of sp³-hybridized carbons (Fsp3) is 0.359. The van der Waals surface area contributed by atoms with Gasteiger partial charge in [0.05, 0.1) is 76.6 Å². The summed E-state index contributed by atoms with van der Waals surface area (Å²) in [6.07, 6.45) is 30.5. The van der Waals surface area contributed by atoms with Crippen LogP contribution >= 0.6 is 0 Å². The molecule has 22 nitrogen and oxygen atoms in total. The first kappa shape index (κ1) is 55.5. The third kappa shape index (κ3) is 11.1. The maximum atomic E-state index is 12.6. The Kier molecular flexibility index (Phi) is 14.9. The summed E-state index contributed by atoms with van der Waals surface area (Å²) in [6, 6.07) is 10.6. The number of allylic oxidation sites excluding steroid dienone is 3. The lowest BCUT2D eigenvalue weighted by molar-refractivity contribution is -0.131. The summed E-state index contributed by atoms with van der Waals surface area (Å²) in [5.41, 5.74) is 22.1. The second-order valence-electron chi connectivity index (χ2n) is 23.3. The summed E-state index contributed by atoms with van der Waals surface area (Å²) >= 11 is 0. The highest BCUT2D eigenvalue weighted by molar-refractivity contribution is 5.88. The van der Waals surface area contributed by atoms with Gasteiger partial charge in [-0.3, -0.25) is 33.1 Å². The first-order valence-electron chi connectivity index (χ1n) is 29.5. The Hall–Kier alpha value is -9.73. The van der Waals surface area contributed by atoms with Crippen LogP contribution in [0.1, 0.15) is 118 Å². The van der Waals surface area contributed by atoms with Crippen molar-refractivity contribution in [3.05, 3.63) is 171 Å². The minimum Gasteiger partial charge on any atom is -0.354 e. The number of amides is 3. The molecular weight excluding hydrogens is 1080 g/mol. The lowest BCUT2D eigenvalue weighted by atomic mass is 10.0. The van der Waals surface area contributed by atoms with Crippen LogP contribution in [0.2, 0.25) is 0 Å². The van der Waals surface area contributed by atoms with E-state index >= 15 is 0 Å². The van der Waals surface area contributed by atoms with E-state index in [4.69, 9.17) is 0 Å². The Morgan fingerprint density at radius 2 is 0.779 bits per heavy atom. The van der Waals surface area contributed by atoms with Gasteiger partial charge in [0.15, 0.2) is 0 Å². The number of carbonyl (C=O) groups excluding carboxylic acids is 3. The van der Waals surface area contributed by atoms with Crippen molar-refractivity contribution in [2.24, 2.45) is 21.1 Å². The number of carbonyl (C=O) groups is 3. The van der Waals surface area contributed by atoms with E-state index in [2.05, 4.69) is 140 Å². The van der Waals surface area contributed by atoms with E-state index in [0.29, 0.717) is 38.9 Å². The van der Waals surface area contributed by atoms with Crippen molar-refractivity contribution in [1.29, 1.82) is 0 Å². The molecule has 3 aliphatic heterocycles. The van der Waals surface area contributed by atoms with Gasteiger partial charge in [-0.05, 0) is 90.8 Å². The van der Waals surface area contributed by atoms with Gasteiger partial charge in [0.2, 0.25) is 17.7 Å². The van der Waals surface area contributed by atoms with E-state index in [1.54, 1.807) is 28.7 Å². The van der Waals surface area contributed by atoms with Gasteiger partial charge in [0, 0.05) is 189 Å². The van der Waals surface area contributed by atoms with Crippen LogP contribution in [-0.4, -0.2) is 132 Å². The maximum absolute atomic E-state index is 12.6. The zero-order valence-corrected chi connectivity index (χ0v) is 49.8. The minimum absolute atomic E-state index is 0.101. The molecule has 3 amide bonds. The summed E-state index contributed by atoms with van der Waals surface area (Å²) in [6.45, 7) is 5.87. The molecule has 0 radical (unpaired) electrons. The SMILES string of the molecule is CN1Cc2nn(C)cc2-c2cc3c(nn2)CC=C3c2ccn(c2)CCCC1=O.CN1Cc2nn(C)cc2-c2cc3c(nn2)CC=C3c2ccn(c2)CCCCC1=O.Cc1nn2cc1C1=CCc3nnc(cc31)-c1cn(C)nc1CN(C)C(=O)CCC2. The van der Waals surface area contributed by atoms with E-state index in [9.17, 15) is 14.4 Å². The Morgan fingerprint density at radius 3 is 1.23 bits per heavy atom. The lowest BCUT2D eigenvalue weighted by Gasteiger charge is -2.17. The molecule has 0 unspecified atom stereocenters. The summed E-state index contributed by atoms with van der Waals surface area (Å²) < 4.78 is 11.6. The van der Waals surface area contributed by atoms with Crippen molar-refractivity contribution in [1.82, 2.24) is 93.5 Å². The van der Waals surface area contributed by atoms with Crippen molar-refractivity contribution in [3.8, 4) is 33.8 Å². The van der Waals surface area contributed by atoms with Gasteiger partial charge in [0.25, 0.3) is 0 Å². The zero-order valence-electron chi connectivity index (χ0n) is 49.8. The normalized spacial score (nSPS) is 16.5. The van der Waals surface area contributed by atoms with Gasteiger partial charge in [-0.1, -0.05) is 18.2 Å². The number of hydrogen-bond acceptors (Lipinski definition) is 13. The average Bonchev–Trinajstić information content (AvgIpc) is 4.33. The first-order chi connectivity index (χ1) is 41.7. The van der Waals surface area contributed by atoms with Crippen LogP contribution in [0.4, 0.5) is 0 Å². The van der Waals surface area contributed by atoms with Crippen molar-refractivity contribution >= 4 is 34.4 Å². The molecule has 9 aromatic heterocycles. The Bertz CT molecular complexity index is 4230. The summed E-state index contributed by atoms with van der Waals surface area (Å²) in [4.78, 5) is 43.0. The fourth-order valence-corrected chi connectivity index (χ4v) is 12.4. The largest absolute Gasteiger partial charge is 0.354 e. The van der Waals surface area contributed by atoms with Crippen LogP contribution in [0.15, 0.2) is 98.1 Å². The highest BCUT2D eigenvalue weighted by Gasteiger charge is 2.28. The first-order valence-corrected chi connectivity index (χ1v) is 29.5. The smallest absolute Gasteiger partial charge is 0.222 e. The van der Waals surface area contributed by atoms with Gasteiger partial charge in [-0.15, -0.1) is 0 Å². The molecule has 15 rings (SSSR count). The zero-order chi connectivity index (χ0) is 59.3. The molecule has 0 saturated carbocycles. The van der Waals surface area contributed by atoms with Gasteiger partial charge < -0.3 is 23.8 Å². The Morgan fingerprint density at radius 1 is 0.384 bits per heavy atom. The highest BCUT2D eigenvalue weighted by Crippen LogP contribution is 2.38. The fourth-order valence-electron chi connectivity index (χ4n) is 12.4. The maximum Gasteiger partial charge on any atom is 0.222 e. The van der Waals surface area contributed by atoms with Gasteiger partial charge in [-0.25, -0.2) is 0 Å². The molecule has 12 heterocycles. The predicted octanol–water partition coefficient (Wildman–Crippen LogP) is 7.35. The number of hydrogen-bond donors (Lipinski definition) is 0. The molecule has 6 aliphatic rings. The molecule has 0 spiro atoms. The van der Waals surface area contributed by atoms with Crippen LogP contribution in [0.25, 0.3) is 50.5 Å². The van der Waals surface area contributed by atoms with E-state index < -0.39 is 0 Å². The highest BCUT2D eigenvalue weighted by atomic mass is 16.2. The van der Waals surface area contributed by atoms with Crippen molar-refractivity contribution in [3.63, 3.8) is 0 Å². The molecule has 86 heavy (non-hydrogen) atoms. The number of aromatic nitrogens is 16. The van der Waals surface area contributed by atoms with E-state index in [0.717, 1.165) is 166 Å². The number of fused-ring (bicyclic) bond motifs is 18. The summed E-state index contributed by atoms with van der Waals surface area (Å²) in [5, 5.41) is 45.3. The van der Waals surface area contributed by atoms with Crippen LogP contribution < -0.4 is 0 Å². The second-order valence-corrected chi connectivity index (χ2v) is 23.3. The molecule has 0 saturated heterocycles. The second kappa shape index (κ2) is 23.0. The molecule has 3 aliphatic carbocycles. The quantitative estimate of drug-likeness (QED) is 0.145. The summed E-state index contributed by atoms with van der Waals surface area (Å²) in [5.74, 6) is 0.374. The summed E-state index contributed by atoms with van der Waals surface area (Å²) in [7, 11) is 11.2.